The molecule has 0 N–H and O–H groups in total. The number of carboxylic acid groups (broad SMARTS) is 1. The van der Waals surface area contributed by atoms with Gasteiger partial charge in [0, 0.05) is 35.2 Å². The van der Waals surface area contributed by atoms with E-state index in [1.165, 1.54) is 18.2 Å². The molecule has 30 heavy (non-hydrogen) atoms. The first kappa shape index (κ1) is 18.7. The summed E-state index contributed by atoms with van der Waals surface area (Å²) < 4.78 is 0. The monoisotopic (exact) mass is 406 g/mol. The highest BCUT2D eigenvalue weighted by Gasteiger charge is 2.37. The second-order valence-corrected chi connectivity index (χ2v) is 6.35. The number of hydrogen-bond acceptors (Lipinski definition) is 8. The fraction of sp³-hybridized carbons (Fsp3) is 0. The van der Waals surface area contributed by atoms with E-state index >= 15 is 0 Å². The Kier molecular flexibility index (Phi) is 4.01. The molecule has 4 rings (SSSR count). The van der Waals surface area contributed by atoms with E-state index in [1.807, 2.05) is 0 Å². The molecule has 0 fully saturated rings. The Hall–Kier alpha value is -4.67. The van der Waals surface area contributed by atoms with Gasteiger partial charge in [0.2, 0.25) is 0 Å². The first-order valence-electron chi connectivity index (χ1n) is 8.30. The number of carboxylic acids is 1. The highest BCUT2D eigenvalue weighted by atomic mass is 16.6. The number of aromatic carboxylic acids is 1. The minimum absolute atomic E-state index is 0.0170. The fourth-order valence-electron chi connectivity index (χ4n) is 3.43. The summed E-state index contributed by atoms with van der Waals surface area (Å²) in [6.45, 7) is 0. The minimum atomic E-state index is -1.65. The van der Waals surface area contributed by atoms with Gasteiger partial charge in [-0.2, -0.15) is 0 Å². The normalized spacial score (nSPS) is 12.9. The van der Waals surface area contributed by atoms with Crippen LogP contribution in [0.4, 0.5) is 17.1 Å². The summed E-state index contributed by atoms with van der Waals surface area (Å²) >= 11 is 0. The summed E-state index contributed by atoms with van der Waals surface area (Å²) in [6, 6.07) is 9.00. The molecule has 0 spiro atoms. The molecule has 0 atom stereocenters. The Balaban J connectivity index is 2.08. The Bertz CT molecular complexity index is 1260. The van der Waals surface area contributed by atoms with Gasteiger partial charge in [-0.3, -0.25) is 29.8 Å². The van der Waals surface area contributed by atoms with E-state index in [0.717, 1.165) is 30.3 Å². The number of benzene rings is 3. The van der Waals surface area contributed by atoms with Crippen LogP contribution >= 0.6 is 0 Å². The van der Waals surface area contributed by atoms with E-state index < -0.39 is 44.6 Å². The SMILES string of the molecule is O=C([O-])c1ccccc1N1C(=O)c2cc([N+](=O)[O-])cc3cc([N+](=O)[O-])cc(c23)C1=O. The number of hydrogen-bond donors (Lipinski definition) is 0. The lowest BCUT2D eigenvalue weighted by Gasteiger charge is -2.28. The van der Waals surface area contributed by atoms with Crippen LogP contribution in [0.25, 0.3) is 10.8 Å². The van der Waals surface area contributed by atoms with E-state index in [1.54, 1.807) is 0 Å². The van der Waals surface area contributed by atoms with E-state index in [9.17, 15) is 39.7 Å². The highest BCUT2D eigenvalue weighted by Crippen LogP contribution is 2.38. The Morgan fingerprint density at radius 1 is 0.833 bits per heavy atom. The van der Waals surface area contributed by atoms with Crippen molar-refractivity contribution in [2.75, 3.05) is 4.90 Å². The molecular weight excluding hydrogens is 398 g/mol. The molecule has 0 saturated carbocycles. The maximum absolute atomic E-state index is 13.1. The summed E-state index contributed by atoms with van der Waals surface area (Å²) in [5.41, 5.74) is -2.31. The lowest BCUT2D eigenvalue weighted by Crippen LogP contribution is -2.42. The number of nitro groups is 2. The van der Waals surface area contributed by atoms with Crippen molar-refractivity contribution in [3.05, 3.63) is 85.4 Å². The summed E-state index contributed by atoms with van der Waals surface area (Å²) in [7, 11) is 0. The van der Waals surface area contributed by atoms with E-state index in [2.05, 4.69) is 0 Å². The Morgan fingerprint density at radius 2 is 1.33 bits per heavy atom. The summed E-state index contributed by atoms with van der Waals surface area (Å²) in [4.78, 5) is 59.2. The smallest absolute Gasteiger partial charge is 0.270 e. The number of non-ortho nitro benzene ring substituents is 2. The molecule has 2 amide bonds. The van der Waals surface area contributed by atoms with Crippen molar-refractivity contribution in [3.63, 3.8) is 0 Å². The van der Waals surface area contributed by atoms with Crippen molar-refractivity contribution in [1.82, 2.24) is 0 Å². The third-order valence-corrected chi connectivity index (χ3v) is 4.67. The number of carbonyl (C=O) groups excluding carboxylic acids is 3. The number of carbonyl (C=O) groups is 3. The zero-order chi connectivity index (χ0) is 21.7. The lowest BCUT2D eigenvalue weighted by atomic mass is 9.92. The molecule has 11 nitrogen and oxygen atoms in total. The molecule has 1 heterocycles. The number of amides is 2. The first-order valence-corrected chi connectivity index (χ1v) is 8.30. The maximum Gasteiger partial charge on any atom is 0.270 e. The molecule has 3 aromatic rings. The number of nitro benzene ring substituents is 2. The molecule has 1 aliphatic rings. The number of anilines is 1. The number of para-hydroxylation sites is 1. The van der Waals surface area contributed by atoms with E-state index in [4.69, 9.17) is 0 Å². The molecule has 0 aliphatic carbocycles. The molecule has 3 aromatic carbocycles. The summed E-state index contributed by atoms with van der Waals surface area (Å²) in [5, 5.41) is 34.0. The van der Waals surface area contributed by atoms with Gasteiger partial charge in [-0.1, -0.05) is 18.2 Å². The number of imide groups is 1. The summed E-state index contributed by atoms with van der Waals surface area (Å²) in [5.74, 6) is -3.65. The third-order valence-electron chi connectivity index (χ3n) is 4.67. The van der Waals surface area contributed by atoms with Gasteiger partial charge in [0.25, 0.3) is 23.2 Å². The van der Waals surface area contributed by atoms with Crippen LogP contribution in [0.2, 0.25) is 0 Å². The molecule has 0 bridgehead atoms. The fourth-order valence-corrected chi connectivity index (χ4v) is 3.43. The topological polar surface area (TPSA) is 164 Å². The number of nitrogens with zero attached hydrogens (tertiary/aromatic N) is 3. The van der Waals surface area contributed by atoms with Crippen LogP contribution in [0.15, 0.2) is 48.5 Å². The van der Waals surface area contributed by atoms with Gasteiger partial charge in [0.05, 0.1) is 32.6 Å². The largest absolute Gasteiger partial charge is 0.545 e. The second kappa shape index (κ2) is 6.44. The summed E-state index contributed by atoms with van der Waals surface area (Å²) in [6.07, 6.45) is 0. The molecule has 1 aliphatic heterocycles. The van der Waals surface area contributed by atoms with Crippen molar-refractivity contribution in [2.24, 2.45) is 0 Å². The van der Waals surface area contributed by atoms with Crippen LogP contribution in [-0.4, -0.2) is 27.6 Å². The molecule has 148 valence electrons. The first-order chi connectivity index (χ1) is 14.2. The zero-order valence-electron chi connectivity index (χ0n) is 14.7. The molecule has 0 aromatic heterocycles. The number of rotatable bonds is 4. The third kappa shape index (κ3) is 2.64. The lowest BCUT2D eigenvalue weighted by molar-refractivity contribution is -0.385. The van der Waals surface area contributed by atoms with Gasteiger partial charge in [-0.15, -0.1) is 0 Å². The van der Waals surface area contributed by atoms with Gasteiger partial charge in [-0.05, 0) is 11.5 Å². The predicted molar refractivity (Wildman–Crippen MR) is 99.2 cm³/mol. The van der Waals surface area contributed by atoms with Crippen molar-refractivity contribution in [2.45, 2.75) is 0 Å². The van der Waals surface area contributed by atoms with E-state index in [0.29, 0.717) is 4.90 Å². The van der Waals surface area contributed by atoms with Gasteiger partial charge in [0.1, 0.15) is 0 Å². The van der Waals surface area contributed by atoms with Crippen LogP contribution in [0, 0.1) is 20.2 Å². The Morgan fingerprint density at radius 3 is 1.80 bits per heavy atom. The Labute approximate surface area is 166 Å². The minimum Gasteiger partial charge on any atom is -0.545 e. The van der Waals surface area contributed by atoms with Gasteiger partial charge >= 0.3 is 0 Å². The molecule has 0 unspecified atom stereocenters. The van der Waals surface area contributed by atoms with Crippen LogP contribution in [0.3, 0.4) is 0 Å². The second-order valence-electron chi connectivity index (χ2n) is 6.35. The average Bonchev–Trinajstić information content (AvgIpc) is 2.71. The quantitative estimate of drug-likeness (QED) is 0.360. The zero-order valence-corrected chi connectivity index (χ0v) is 14.7. The molecular formula is C19H8N3O8-. The van der Waals surface area contributed by atoms with Gasteiger partial charge in [0.15, 0.2) is 0 Å². The van der Waals surface area contributed by atoms with Crippen molar-refractivity contribution < 1.29 is 29.3 Å². The van der Waals surface area contributed by atoms with Crippen LogP contribution in [0.1, 0.15) is 31.1 Å². The van der Waals surface area contributed by atoms with Gasteiger partial charge < -0.3 is 9.90 Å². The van der Waals surface area contributed by atoms with Crippen molar-refractivity contribution in [1.29, 1.82) is 0 Å². The molecule has 11 heteroatoms. The average molecular weight is 406 g/mol. The van der Waals surface area contributed by atoms with E-state index in [-0.39, 0.29) is 27.6 Å². The maximum atomic E-state index is 13.1. The highest BCUT2D eigenvalue weighted by molar-refractivity contribution is 6.37. The van der Waals surface area contributed by atoms with Crippen molar-refractivity contribution in [3.8, 4) is 0 Å². The standard InChI is InChI=1S/C19H9N3O8/c23-17-13-7-10(21(27)28)5-9-6-11(22(29)30)8-14(16(9)13)18(24)20(17)15-4-2-1-3-12(15)19(25)26/h1-8H,(H,25,26)/p-1. The van der Waals surface area contributed by atoms with Crippen LogP contribution in [-0.2, 0) is 0 Å². The molecule has 0 radical (unpaired) electrons. The van der Waals surface area contributed by atoms with Crippen LogP contribution in [0.5, 0.6) is 0 Å². The van der Waals surface area contributed by atoms with Crippen LogP contribution < -0.4 is 10.0 Å². The molecule has 0 saturated heterocycles. The van der Waals surface area contributed by atoms with Gasteiger partial charge in [-0.25, -0.2) is 4.90 Å². The van der Waals surface area contributed by atoms with Crippen molar-refractivity contribution >= 4 is 45.6 Å². The predicted octanol–water partition coefficient (Wildman–Crippen LogP) is 1.82.